The third kappa shape index (κ3) is 9.71. The molecule has 2 aliphatic rings. The Labute approximate surface area is 176 Å². The molecular formula is C19H39IN4O2. The first kappa shape index (κ1) is 23.9. The van der Waals surface area contributed by atoms with Crippen LogP contribution in [0.5, 0.6) is 0 Å². The smallest absolute Gasteiger partial charge is 0.191 e. The van der Waals surface area contributed by atoms with Gasteiger partial charge in [0.05, 0.1) is 13.2 Å². The molecule has 0 aromatic rings. The quantitative estimate of drug-likeness (QED) is 0.217. The molecule has 0 bridgehead atoms. The minimum atomic E-state index is 0. The number of hydrogen-bond acceptors (Lipinski definition) is 4. The maximum atomic E-state index is 5.74. The highest BCUT2D eigenvalue weighted by Gasteiger charge is 2.19. The molecule has 2 saturated heterocycles. The summed E-state index contributed by atoms with van der Waals surface area (Å²) in [6, 6.07) is 0.544. The van der Waals surface area contributed by atoms with E-state index < -0.39 is 0 Å². The van der Waals surface area contributed by atoms with Gasteiger partial charge in [-0.3, -0.25) is 4.99 Å². The molecule has 0 radical (unpaired) electrons. The molecular weight excluding hydrogens is 443 g/mol. The monoisotopic (exact) mass is 482 g/mol. The largest absolute Gasteiger partial charge is 0.381 e. The van der Waals surface area contributed by atoms with Gasteiger partial charge in [-0.05, 0) is 38.6 Å². The van der Waals surface area contributed by atoms with E-state index in [1.165, 1.54) is 45.3 Å². The van der Waals surface area contributed by atoms with Crippen molar-refractivity contribution in [2.45, 2.75) is 51.5 Å². The molecule has 0 aromatic heterocycles. The Morgan fingerprint density at radius 1 is 1.23 bits per heavy atom. The number of nitrogens with one attached hydrogen (secondary N) is 2. The first-order chi connectivity index (χ1) is 12.3. The molecule has 0 aromatic carbocycles. The Hall–Kier alpha value is -0.120. The van der Waals surface area contributed by atoms with E-state index in [4.69, 9.17) is 9.47 Å². The van der Waals surface area contributed by atoms with E-state index in [1.807, 2.05) is 7.05 Å². The molecule has 2 N–H and O–H groups in total. The number of piperidine rings is 1. The summed E-state index contributed by atoms with van der Waals surface area (Å²) in [6.45, 7) is 10.2. The van der Waals surface area contributed by atoms with Crippen LogP contribution in [0.25, 0.3) is 0 Å². The van der Waals surface area contributed by atoms with Crippen LogP contribution in [0.4, 0.5) is 0 Å². The van der Waals surface area contributed by atoms with Crippen molar-refractivity contribution in [3.05, 3.63) is 0 Å². The zero-order valence-electron chi connectivity index (χ0n) is 16.7. The van der Waals surface area contributed by atoms with Crippen LogP contribution in [-0.4, -0.2) is 76.6 Å². The van der Waals surface area contributed by atoms with Gasteiger partial charge in [0.1, 0.15) is 0 Å². The molecule has 1 unspecified atom stereocenters. The lowest BCUT2D eigenvalue weighted by atomic mass is 10.0. The second-order valence-corrected chi connectivity index (χ2v) is 7.27. The Kier molecular flexibility index (Phi) is 13.7. The molecule has 6 nitrogen and oxygen atoms in total. The van der Waals surface area contributed by atoms with Gasteiger partial charge in [-0.25, -0.2) is 0 Å². The molecule has 2 aliphatic heterocycles. The summed E-state index contributed by atoms with van der Waals surface area (Å²) in [5.41, 5.74) is 0. The zero-order chi connectivity index (χ0) is 17.7. The van der Waals surface area contributed by atoms with Crippen LogP contribution in [0.2, 0.25) is 0 Å². The molecule has 1 atom stereocenters. The molecule has 2 fully saturated rings. The van der Waals surface area contributed by atoms with Crippen molar-refractivity contribution in [1.29, 1.82) is 0 Å². The van der Waals surface area contributed by atoms with Gasteiger partial charge in [0.2, 0.25) is 0 Å². The standard InChI is InChI=1S/C19H38N4O2.HI/c1-3-4-10-23-11-6-18(7-12-23)22-19(20-2)21-9-5-13-24-15-17-8-14-25-16-17;/h17-18H,3-16H2,1-2H3,(H2,20,21,22);1H. The number of rotatable bonds is 10. The van der Waals surface area contributed by atoms with E-state index in [0.717, 1.165) is 51.8 Å². The summed E-state index contributed by atoms with van der Waals surface area (Å²) < 4.78 is 11.1. The van der Waals surface area contributed by atoms with Gasteiger partial charge >= 0.3 is 0 Å². The fourth-order valence-corrected chi connectivity index (χ4v) is 3.42. The first-order valence-corrected chi connectivity index (χ1v) is 10.2. The highest BCUT2D eigenvalue weighted by molar-refractivity contribution is 14.0. The van der Waals surface area contributed by atoms with Crippen LogP contribution in [0, 0.1) is 5.92 Å². The number of unbranched alkanes of at least 4 members (excludes halogenated alkanes) is 1. The SMILES string of the molecule is CCCCN1CCC(NC(=NC)NCCCOCC2CCOC2)CC1.I. The van der Waals surface area contributed by atoms with Crippen molar-refractivity contribution in [2.75, 3.05) is 59.7 Å². The summed E-state index contributed by atoms with van der Waals surface area (Å²) in [4.78, 5) is 6.94. The molecule has 7 heteroatoms. The normalized spacial score (nSPS) is 22.2. The first-order valence-electron chi connectivity index (χ1n) is 10.2. The highest BCUT2D eigenvalue weighted by Crippen LogP contribution is 2.12. The Bertz CT molecular complexity index is 371. The minimum Gasteiger partial charge on any atom is -0.381 e. The van der Waals surface area contributed by atoms with Gasteiger partial charge in [0, 0.05) is 51.9 Å². The van der Waals surface area contributed by atoms with E-state index in [0.29, 0.717) is 12.0 Å². The number of guanidine groups is 1. The molecule has 0 spiro atoms. The van der Waals surface area contributed by atoms with E-state index >= 15 is 0 Å². The Morgan fingerprint density at radius 3 is 2.69 bits per heavy atom. The fourth-order valence-electron chi connectivity index (χ4n) is 3.42. The van der Waals surface area contributed by atoms with E-state index in [1.54, 1.807) is 0 Å². The van der Waals surface area contributed by atoms with Crippen molar-refractivity contribution in [2.24, 2.45) is 10.9 Å². The van der Waals surface area contributed by atoms with E-state index in [-0.39, 0.29) is 24.0 Å². The predicted octanol–water partition coefficient (Wildman–Crippen LogP) is 2.48. The lowest BCUT2D eigenvalue weighted by molar-refractivity contribution is 0.0888. The number of aliphatic imine (C=N–C) groups is 1. The summed E-state index contributed by atoms with van der Waals surface area (Å²) in [7, 11) is 1.85. The summed E-state index contributed by atoms with van der Waals surface area (Å²) in [6.07, 6.45) is 7.16. The average Bonchev–Trinajstić information content (AvgIpc) is 3.16. The lowest BCUT2D eigenvalue weighted by Crippen LogP contribution is -2.49. The molecule has 26 heavy (non-hydrogen) atoms. The molecule has 2 rings (SSSR count). The van der Waals surface area contributed by atoms with Crippen LogP contribution in [0.3, 0.4) is 0 Å². The number of nitrogens with zero attached hydrogens (tertiary/aromatic N) is 2. The van der Waals surface area contributed by atoms with Gasteiger partial charge in [-0.2, -0.15) is 0 Å². The Morgan fingerprint density at radius 2 is 2.04 bits per heavy atom. The second-order valence-electron chi connectivity index (χ2n) is 7.27. The van der Waals surface area contributed by atoms with Crippen molar-refractivity contribution in [1.82, 2.24) is 15.5 Å². The van der Waals surface area contributed by atoms with E-state index in [9.17, 15) is 0 Å². The number of likely N-dealkylation sites (tertiary alicyclic amines) is 1. The third-order valence-corrected chi connectivity index (χ3v) is 5.12. The van der Waals surface area contributed by atoms with Crippen molar-refractivity contribution in [3.8, 4) is 0 Å². The van der Waals surface area contributed by atoms with Crippen LogP contribution < -0.4 is 10.6 Å². The molecule has 154 valence electrons. The molecule has 2 heterocycles. The van der Waals surface area contributed by atoms with E-state index in [2.05, 4.69) is 27.4 Å². The van der Waals surface area contributed by atoms with Gasteiger partial charge in [0.15, 0.2) is 5.96 Å². The molecule has 0 aliphatic carbocycles. The zero-order valence-corrected chi connectivity index (χ0v) is 19.0. The highest BCUT2D eigenvalue weighted by atomic mass is 127. The fraction of sp³-hybridized carbons (Fsp3) is 0.947. The predicted molar refractivity (Wildman–Crippen MR) is 119 cm³/mol. The minimum absolute atomic E-state index is 0. The number of hydrogen-bond donors (Lipinski definition) is 2. The van der Waals surface area contributed by atoms with Crippen molar-refractivity contribution < 1.29 is 9.47 Å². The molecule has 0 saturated carbocycles. The Balaban J connectivity index is 0.00000338. The third-order valence-electron chi connectivity index (χ3n) is 5.12. The van der Waals surface area contributed by atoms with Gasteiger partial charge in [-0.1, -0.05) is 13.3 Å². The lowest BCUT2D eigenvalue weighted by Gasteiger charge is -2.33. The van der Waals surface area contributed by atoms with Crippen LogP contribution in [0.1, 0.15) is 45.4 Å². The number of ether oxygens (including phenoxy) is 2. The van der Waals surface area contributed by atoms with Gasteiger partial charge in [0.25, 0.3) is 0 Å². The van der Waals surface area contributed by atoms with Crippen LogP contribution >= 0.6 is 24.0 Å². The van der Waals surface area contributed by atoms with Gasteiger partial charge in [-0.15, -0.1) is 24.0 Å². The summed E-state index contributed by atoms with van der Waals surface area (Å²) >= 11 is 0. The topological polar surface area (TPSA) is 58.1 Å². The van der Waals surface area contributed by atoms with Crippen molar-refractivity contribution in [3.63, 3.8) is 0 Å². The van der Waals surface area contributed by atoms with Crippen LogP contribution in [-0.2, 0) is 9.47 Å². The maximum Gasteiger partial charge on any atom is 0.191 e. The second kappa shape index (κ2) is 14.9. The average molecular weight is 482 g/mol. The summed E-state index contributed by atoms with van der Waals surface area (Å²) in [5, 5.41) is 6.98. The van der Waals surface area contributed by atoms with Crippen molar-refractivity contribution >= 4 is 29.9 Å². The van der Waals surface area contributed by atoms with Gasteiger partial charge < -0.3 is 25.0 Å². The maximum absolute atomic E-state index is 5.74. The summed E-state index contributed by atoms with van der Waals surface area (Å²) in [5.74, 6) is 1.53. The number of halogens is 1. The van der Waals surface area contributed by atoms with Crippen LogP contribution in [0.15, 0.2) is 4.99 Å². The molecule has 0 amide bonds.